The van der Waals surface area contributed by atoms with Crippen LogP contribution in [0.4, 0.5) is 5.69 Å². The van der Waals surface area contributed by atoms with E-state index in [1.54, 1.807) is 40.9 Å². The molecule has 0 radical (unpaired) electrons. The molecule has 2 amide bonds. The molecule has 2 aliphatic rings. The number of hydrogen-bond acceptors (Lipinski definition) is 6. The van der Waals surface area contributed by atoms with Crippen LogP contribution in [0.15, 0.2) is 30.3 Å². The molecule has 1 N–H and O–H groups in total. The van der Waals surface area contributed by atoms with Gasteiger partial charge in [0.25, 0.3) is 5.91 Å². The van der Waals surface area contributed by atoms with Crippen molar-refractivity contribution in [2.45, 2.75) is 58.0 Å². The monoisotopic (exact) mass is 488 g/mol. The quantitative estimate of drug-likeness (QED) is 0.584. The van der Waals surface area contributed by atoms with Gasteiger partial charge < -0.3 is 10.2 Å². The highest BCUT2D eigenvalue weighted by Crippen LogP contribution is 2.41. The highest BCUT2D eigenvalue weighted by atomic mass is 32.2. The van der Waals surface area contributed by atoms with E-state index in [0.29, 0.717) is 34.4 Å². The molecule has 9 heteroatoms. The van der Waals surface area contributed by atoms with Crippen LogP contribution in [0.25, 0.3) is 11.0 Å². The van der Waals surface area contributed by atoms with E-state index < -0.39 is 6.04 Å². The first-order valence-electron chi connectivity index (χ1n) is 11.8. The maximum atomic E-state index is 13.9. The number of nitrogens with zero attached hydrogens (tertiary/aromatic N) is 5. The molecule has 1 atom stereocenters. The van der Waals surface area contributed by atoms with Gasteiger partial charge in [0, 0.05) is 23.1 Å². The second-order valence-electron chi connectivity index (χ2n) is 10.2. The summed E-state index contributed by atoms with van der Waals surface area (Å²) in [5, 5.41) is 17.4. The predicted molar refractivity (Wildman–Crippen MR) is 136 cm³/mol. The minimum Gasteiger partial charge on any atom is -0.324 e. The zero-order valence-electron chi connectivity index (χ0n) is 20.3. The van der Waals surface area contributed by atoms with Crippen molar-refractivity contribution in [2.75, 3.05) is 16.9 Å². The van der Waals surface area contributed by atoms with Gasteiger partial charge in [-0.3, -0.25) is 9.59 Å². The third kappa shape index (κ3) is 4.39. The van der Waals surface area contributed by atoms with Gasteiger partial charge in [0.1, 0.15) is 6.04 Å². The molecule has 180 valence electrons. The van der Waals surface area contributed by atoms with E-state index in [0.717, 1.165) is 35.3 Å². The third-order valence-corrected chi connectivity index (χ3v) is 7.43. The fourth-order valence-electron chi connectivity index (χ4n) is 4.40. The van der Waals surface area contributed by atoms with Gasteiger partial charge >= 0.3 is 0 Å². The van der Waals surface area contributed by atoms with Crippen LogP contribution in [0.2, 0.25) is 0 Å². The van der Waals surface area contributed by atoms with Gasteiger partial charge in [0.15, 0.2) is 5.65 Å². The molecule has 35 heavy (non-hydrogen) atoms. The van der Waals surface area contributed by atoms with E-state index in [-0.39, 0.29) is 17.4 Å². The van der Waals surface area contributed by atoms with E-state index in [2.05, 4.69) is 32.2 Å². The number of fused-ring (bicyclic) bond motifs is 1. The number of thioether (sulfide) groups is 1. The molecule has 5 rings (SSSR count). The van der Waals surface area contributed by atoms with Crippen molar-refractivity contribution in [2.24, 2.45) is 0 Å². The number of amides is 2. The number of benzene rings is 1. The molecule has 2 fully saturated rings. The number of rotatable bonds is 4. The van der Waals surface area contributed by atoms with Crippen molar-refractivity contribution in [3.8, 4) is 6.07 Å². The van der Waals surface area contributed by atoms with Crippen molar-refractivity contribution in [3.63, 3.8) is 0 Å². The Balaban J connectivity index is 1.49. The van der Waals surface area contributed by atoms with Crippen LogP contribution in [-0.4, -0.2) is 49.2 Å². The number of pyridine rings is 1. The Morgan fingerprint density at radius 3 is 2.54 bits per heavy atom. The predicted octanol–water partition coefficient (Wildman–Crippen LogP) is 4.40. The van der Waals surface area contributed by atoms with Crippen LogP contribution in [-0.2, 0) is 10.3 Å². The maximum Gasteiger partial charge on any atom is 0.256 e. The number of carbonyl (C=O) groups is 2. The zero-order valence-corrected chi connectivity index (χ0v) is 21.1. The summed E-state index contributed by atoms with van der Waals surface area (Å²) < 4.78 is 1.91. The van der Waals surface area contributed by atoms with Gasteiger partial charge in [0.2, 0.25) is 5.91 Å². The standard InChI is InChI=1S/C26H28N6O2S/c1-15-22-19(11-20(17-7-8-17)29-23(22)32(30-15)26(2,3)4)25(34)31-14-35-13-21(31)24(33)28-18-9-5-16(12-27)6-10-18/h5-6,9-11,17,21H,7-8,13-14H2,1-4H3,(H,28,33). The molecular formula is C26H28N6O2S. The Morgan fingerprint density at radius 1 is 1.20 bits per heavy atom. The van der Waals surface area contributed by atoms with E-state index in [4.69, 9.17) is 15.3 Å². The van der Waals surface area contributed by atoms with E-state index in [9.17, 15) is 9.59 Å². The lowest BCUT2D eigenvalue weighted by Crippen LogP contribution is -2.44. The number of nitriles is 1. The van der Waals surface area contributed by atoms with Crippen molar-refractivity contribution in [1.29, 1.82) is 5.26 Å². The summed E-state index contributed by atoms with van der Waals surface area (Å²) in [7, 11) is 0. The fraction of sp³-hybridized carbons (Fsp3) is 0.423. The summed E-state index contributed by atoms with van der Waals surface area (Å²) in [6.07, 6.45) is 2.15. The molecule has 1 unspecified atom stereocenters. The van der Waals surface area contributed by atoms with Crippen LogP contribution in [0, 0.1) is 18.3 Å². The molecule has 1 saturated carbocycles. The summed E-state index contributed by atoms with van der Waals surface area (Å²) in [5.41, 5.74) is 3.83. The highest BCUT2D eigenvalue weighted by Gasteiger charge is 2.38. The van der Waals surface area contributed by atoms with Gasteiger partial charge in [0.05, 0.1) is 39.7 Å². The van der Waals surface area contributed by atoms with Crippen LogP contribution >= 0.6 is 11.8 Å². The number of aromatic nitrogens is 3. The van der Waals surface area contributed by atoms with E-state index in [1.165, 1.54) is 0 Å². The number of anilines is 1. The summed E-state index contributed by atoms with van der Waals surface area (Å²) in [6.45, 7) is 8.14. The molecule has 3 aromatic rings. The average Bonchev–Trinajstić information content (AvgIpc) is 3.46. The average molecular weight is 489 g/mol. The molecule has 8 nitrogen and oxygen atoms in total. The Morgan fingerprint density at radius 2 is 1.91 bits per heavy atom. The minimum absolute atomic E-state index is 0.166. The molecule has 0 bridgehead atoms. The Hall–Kier alpha value is -3.38. The number of aryl methyl sites for hydroxylation is 1. The van der Waals surface area contributed by atoms with Crippen LogP contribution in [0.1, 0.15) is 66.8 Å². The van der Waals surface area contributed by atoms with Crippen molar-refractivity contribution >= 4 is 40.3 Å². The Labute approximate surface area is 208 Å². The van der Waals surface area contributed by atoms with Gasteiger partial charge in [-0.05, 0) is 70.9 Å². The van der Waals surface area contributed by atoms with E-state index >= 15 is 0 Å². The van der Waals surface area contributed by atoms with Crippen LogP contribution < -0.4 is 5.32 Å². The van der Waals surface area contributed by atoms with Crippen molar-refractivity contribution in [3.05, 3.63) is 52.8 Å². The molecular weight excluding hydrogens is 460 g/mol. The summed E-state index contributed by atoms with van der Waals surface area (Å²) >= 11 is 1.56. The van der Waals surface area contributed by atoms with Gasteiger partial charge in [-0.15, -0.1) is 11.8 Å². The van der Waals surface area contributed by atoms with Crippen LogP contribution in [0.3, 0.4) is 0 Å². The smallest absolute Gasteiger partial charge is 0.256 e. The Kier molecular flexibility index (Phi) is 5.80. The summed E-state index contributed by atoms with van der Waals surface area (Å²) in [4.78, 5) is 33.7. The van der Waals surface area contributed by atoms with Crippen LogP contribution in [0.5, 0.6) is 0 Å². The maximum absolute atomic E-state index is 13.9. The Bertz CT molecular complexity index is 1360. The lowest BCUT2D eigenvalue weighted by molar-refractivity contribution is -0.119. The number of carbonyl (C=O) groups excluding carboxylic acids is 2. The van der Waals surface area contributed by atoms with E-state index in [1.807, 2.05) is 17.7 Å². The second kappa shape index (κ2) is 8.68. The fourth-order valence-corrected chi connectivity index (χ4v) is 5.56. The minimum atomic E-state index is -0.589. The van der Waals surface area contributed by atoms with Crippen molar-refractivity contribution < 1.29 is 9.59 Å². The topological polar surface area (TPSA) is 104 Å². The van der Waals surface area contributed by atoms with Crippen molar-refractivity contribution in [1.82, 2.24) is 19.7 Å². The molecule has 3 heterocycles. The molecule has 1 aromatic carbocycles. The number of nitrogens with one attached hydrogen (secondary N) is 1. The zero-order chi connectivity index (χ0) is 24.9. The SMILES string of the molecule is Cc1nn(C(C)(C)C)c2nc(C3CC3)cc(C(=O)N3CSCC3C(=O)Nc3ccc(C#N)cc3)c12. The lowest BCUT2D eigenvalue weighted by atomic mass is 10.0. The third-order valence-electron chi connectivity index (χ3n) is 6.42. The lowest BCUT2D eigenvalue weighted by Gasteiger charge is -2.24. The largest absolute Gasteiger partial charge is 0.324 e. The van der Waals surface area contributed by atoms with Gasteiger partial charge in [-0.25, -0.2) is 9.67 Å². The first kappa shape index (κ1) is 23.4. The second-order valence-corrected chi connectivity index (χ2v) is 11.2. The molecule has 1 aliphatic carbocycles. The summed E-state index contributed by atoms with van der Waals surface area (Å²) in [5.74, 6) is 0.943. The van der Waals surface area contributed by atoms with Gasteiger partial charge in [-0.1, -0.05) is 0 Å². The summed E-state index contributed by atoms with van der Waals surface area (Å²) in [6, 6.07) is 10.1. The molecule has 2 aromatic heterocycles. The first-order chi connectivity index (χ1) is 16.7. The molecule has 1 saturated heterocycles. The molecule has 0 spiro atoms. The highest BCUT2D eigenvalue weighted by molar-refractivity contribution is 7.99. The van der Waals surface area contributed by atoms with Gasteiger partial charge in [-0.2, -0.15) is 10.4 Å². The number of hydrogen-bond donors (Lipinski definition) is 1. The first-order valence-corrected chi connectivity index (χ1v) is 12.9. The molecule has 1 aliphatic heterocycles. The normalized spacial score (nSPS) is 18.0.